The van der Waals surface area contributed by atoms with Gasteiger partial charge in [-0.1, -0.05) is 33.4 Å². The van der Waals surface area contributed by atoms with E-state index in [9.17, 15) is 0 Å². The maximum atomic E-state index is 7.79. The van der Waals surface area contributed by atoms with Gasteiger partial charge in [-0.15, -0.1) is 0 Å². The van der Waals surface area contributed by atoms with Gasteiger partial charge in [-0.05, 0) is 108 Å². The first-order chi connectivity index (χ1) is 19.4. The van der Waals surface area contributed by atoms with E-state index in [-0.39, 0.29) is 39.2 Å². The molecule has 0 bridgehead atoms. The standard InChI is InChI=1S/2C15H13ClN2O2.Ni.2H2O/c2*1-20-14-8-2-11(3-9-14)10-17-18-15(19)12-4-6-13(16)7-5-12;;;/h2*2-10H,1H3,(H,18,19);;2*1H2/q;;+2;;. The van der Waals surface area contributed by atoms with Crippen LogP contribution in [0.1, 0.15) is 22.3 Å². The van der Waals surface area contributed by atoms with Gasteiger partial charge in [-0.2, -0.15) is 10.2 Å². The van der Waals surface area contributed by atoms with Crippen LogP contribution in [-0.4, -0.2) is 59.6 Å². The molecule has 0 heterocycles. The Morgan fingerprint density at radius 3 is 1.14 bits per heavy atom. The molecular weight excluding hydrogens is 642 g/mol. The van der Waals surface area contributed by atoms with Gasteiger partial charge >= 0.3 is 28.3 Å². The summed E-state index contributed by atoms with van der Waals surface area (Å²) in [5.41, 5.74) is 3.11. The molecule has 10 nitrogen and oxygen atoms in total. The quantitative estimate of drug-likeness (QED) is 0.0807. The second kappa shape index (κ2) is 20.6. The minimum absolute atomic E-state index is 0. The van der Waals surface area contributed by atoms with Crippen LogP contribution in [0.2, 0.25) is 10.0 Å². The fraction of sp³-hybridized carbons (Fsp3) is 0.0667. The Bertz CT molecular complexity index is 1370. The van der Waals surface area contributed by atoms with E-state index in [1.54, 1.807) is 75.2 Å². The number of ether oxygens (including phenoxy) is 2. The monoisotopic (exact) mass is 670 g/mol. The van der Waals surface area contributed by atoms with Gasteiger partial charge in [0.25, 0.3) is 0 Å². The number of methoxy groups -OCH3 is 2. The zero-order valence-corrected chi connectivity index (χ0v) is 25.5. The van der Waals surface area contributed by atoms with Gasteiger partial charge < -0.3 is 30.6 Å². The summed E-state index contributed by atoms with van der Waals surface area (Å²) < 4.78 is 10.1. The molecule has 0 saturated heterocycles. The van der Waals surface area contributed by atoms with E-state index in [4.69, 9.17) is 42.9 Å². The Balaban J connectivity index is 0.000000767. The van der Waals surface area contributed by atoms with Crippen molar-refractivity contribution in [2.45, 2.75) is 0 Å². The molecule has 0 spiro atoms. The molecule has 0 radical (unpaired) electrons. The fourth-order valence-electron chi connectivity index (χ4n) is 3.02. The van der Waals surface area contributed by atoms with E-state index in [0.29, 0.717) is 21.2 Å². The predicted octanol–water partition coefficient (Wildman–Crippen LogP) is 5.35. The van der Waals surface area contributed by atoms with Crippen LogP contribution < -0.4 is 9.47 Å². The van der Waals surface area contributed by atoms with Crippen LogP contribution in [0.4, 0.5) is 0 Å². The molecule has 6 N–H and O–H groups in total. The van der Waals surface area contributed by atoms with Crippen molar-refractivity contribution in [2.75, 3.05) is 14.2 Å². The molecule has 0 aliphatic heterocycles. The topological polar surface area (TPSA) is 174 Å². The zero-order chi connectivity index (χ0) is 28.7. The molecule has 0 saturated carbocycles. The molecule has 13 heteroatoms. The van der Waals surface area contributed by atoms with Crippen molar-refractivity contribution in [2.24, 2.45) is 20.4 Å². The van der Waals surface area contributed by atoms with E-state index in [0.717, 1.165) is 22.6 Å². The minimum atomic E-state index is 0. The van der Waals surface area contributed by atoms with E-state index < -0.39 is 0 Å². The predicted molar refractivity (Wildman–Crippen MR) is 168 cm³/mol. The molecule has 4 aromatic carbocycles. The van der Waals surface area contributed by atoms with Gasteiger partial charge in [-0.3, -0.25) is 0 Å². The molecular formula is C30H30Cl2N4NiO6+2. The molecule has 4 aromatic rings. The number of nitrogens with zero attached hydrogens (tertiary/aromatic N) is 4. The summed E-state index contributed by atoms with van der Waals surface area (Å²) in [4.78, 5) is 0. The van der Waals surface area contributed by atoms with Crippen LogP contribution in [0.25, 0.3) is 0 Å². The normalized spacial score (nSPS) is 11.0. The van der Waals surface area contributed by atoms with Crippen LogP contribution in [-0.2, 0) is 16.5 Å². The van der Waals surface area contributed by atoms with Gasteiger partial charge in [0.15, 0.2) is 0 Å². The molecule has 0 fully saturated rings. The van der Waals surface area contributed by atoms with Crippen molar-refractivity contribution in [3.8, 4) is 11.5 Å². The maximum Gasteiger partial charge on any atom is 2.00 e. The molecule has 0 unspecified atom stereocenters. The molecule has 0 aliphatic carbocycles. The van der Waals surface area contributed by atoms with Crippen molar-refractivity contribution in [3.63, 3.8) is 0 Å². The molecule has 0 aliphatic rings. The van der Waals surface area contributed by atoms with E-state index in [1.807, 2.05) is 48.5 Å². The number of benzene rings is 4. The molecule has 228 valence electrons. The minimum Gasteiger partial charge on any atom is -0.870 e. The summed E-state index contributed by atoms with van der Waals surface area (Å²) in [6, 6.07) is 28.6. The number of rotatable bonds is 8. The summed E-state index contributed by atoms with van der Waals surface area (Å²) >= 11 is 11.6. The maximum absolute atomic E-state index is 7.79. The van der Waals surface area contributed by atoms with Crippen molar-refractivity contribution in [1.82, 2.24) is 0 Å². The van der Waals surface area contributed by atoms with Crippen molar-refractivity contribution in [3.05, 3.63) is 129 Å². The second-order valence-electron chi connectivity index (χ2n) is 7.95. The number of hydrogen-bond donors (Lipinski definition) is 0. The molecule has 0 amide bonds. The Hall–Kier alpha value is -4.25. The Morgan fingerprint density at radius 1 is 0.558 bits per heavy atom. The Morgan fingerprint density at radius 2 is 0.860 bits per heavy atom. The van der Waals surface area contributed by atoms with Gasteiger partial charge in [0.05, 0.1) is 37.8 Å². The van der Waals surface area contributed by atoms with Crippen LogP contribution in [0.3, 0.4) is 0 Å². The van der Waals surface area contributed by atoms with Crippen LogP contribution in [0.5, 0.6) is 11.5 Å². The van der Waals surface area contributed by atoms with Crippen molar-refractivity contribution in [1.29, 1.82) is 0 Å². The third-order valence-corrected chi connectivity index (χ3v) is 5.70. The smallest absolute Gasteiger partial charge is 0.870 e. The fourth-order valence-corrected chi connectivity index (χ4v) is 3.27. The van der Waals surface area contributed by atoms with Gasteiger partial charge in [0, 0.05) is 10.0 Å². The Labute approximate surface area is 269 Å². The van der Waals surface area contributed by atoms with Crippen LogP contribution in [0.15, 0.2) is 117 Å². The average molecular weight is 672 g/mol. The first-order valence-corrected chi connectivity index (χ1v) is 12.6. The first-order valence-electron chi connectivity index (χ1n) is 11.8. The van der Waals surface area contributed by atoms with Crippen LogP contribution >= 0.6 is 23.2 Å². The van der Waals surface area contributed by atoms with E-state index >= 15 is 0 Å². The third kappa shape index (κ3) is 13.5. The summed E-state index contributed by atoms with van der Waals surface area (Å²) in [5.74, 6) is 1.75. The number of halogens is 2. The number of hydrogen-bond acceptors (Lipinski definition) is 8. The molecule has 0 aromatic heterocycles. The zero-order valence-electron chi connectivity index (χ0n) is 23.0. The van der Waals surface area contributed by atoms with Crippen LogP contribution in [0, 0.1) is 0 Å². The molecule has 43 heavy (non-hydrogen) atoms. The third-order valence-electron chi connectivity index (χ3n) is 5.20. The van der Waals surface area contributed by atoms with Crippen molar-refractivity contribution >= 4 is 47.4 Å². The van der Waals surface area contributed by atoms with Gasteiger partial charge in [0.2, 0.25) is 0 Å². The summed E-state index contributed by atoms with van der Waals surface area (Å²) in [6.07, 6.45) is 3.17. The molecule has 0 atom stereocenters. The van der Waals surface area contributed by atoms with E-state index in [2.05, 4.69) is 20.4 Å². The largest absolute Gasteiger partial charge is 2.00 e. The average Bonchev–Trinajstić information content (AvgIpc) is 2.99. The summed E-state index contributed by atoms with van der Waals surface area (Å²) in [5, 5.41) is 32.3. The van der Waals surface area contributed by atoms with Gasteiger partial charge in [-0.25, -0.2) is 0 Å². The van der Waals surface area contributed by atoms with E-state index in [1.165, 1.54) is 0 Å². The SMILES string of the molecule is COc1ccc(C=NN=C([OH2+])c2ccc(Cl)cc2)cc1.COc1ccc(C=NN=C([OH2+])c2ccc(Cl)cc2)cc1.[Ni+2].[OH-].[OH-]. The first kappa shape index (κ1) is 38.8. The van der Waals surface area contributed by atoms with Gasteiger partial charge in [0.1, 0.15) is 11.5 Å². The van der Waals surface area contributed by atoms with Crippen molar-refractivity contribution < 1.29 is 47.1 Å². The second-order valence-corrected chi connectivity index (χ2v) is 8.82. The summed E-state index contributed by atoms with van der Waals surface area (Å²) in [6.45, 7) is 0. The Kier molecular flexibility index (Phi) is 18.6. The molecule has 4 rings (SSSR count). The summed E-state index contributed by atoms with van der Waals surface area (Å²) in [7, 11) is 3.23.